The van der Waals surface area contributed by atoms with E-state index in [4.69, 9.17) is 0 Å². The number of H-pyrrole nitrogens is 1. The first kappa shape index (κ1) is 11.3. The highest BCUT2D eigenvalue weighted by Gasteiger charge is 2.23. The fraction of sp³-hybridized carbons (Fsp3) is 0.188. The zero-order valence-electron chi connectivity index (χ0n) is 10.9. The molecule has 4 rings (SSSR count). The van der Waals surface area contributed by atoms with Crippen LogP contribution in [-0.4, -0.2) is 20.7 Å². The summed E-state index contributed by atoms with van der Waals surface area (Å²) in [4.78, 5) is 24.0. The molecule has 98 valence electrons. The van der Waals surface area contributed by atoms with Crippen LogP contribution < -0.4 is 0 Å². The molecule has 0 saturated heterocycles. The summed E-state index contributed by atoms with van der Waals surface area (Å²) in [5.74, 6) is 0.225. The molecule has 3 aromatic heterocycles. The van der Waals surface area contributed by atoms with Gasteiger partial charge in [-0.15, -0.1) is 0 Å². The number of aryl methyl sites for hydroxylation is 1. The Kier molecular flexibility index (Phi) is 2.42. The number of rotatable bonds is 1. The first-order chi connectivity index (χ1) is 9.83. The number of hydrogen-bond acceptors (Lipinski definition) is 3. The van der Waals surface area contributed by atoms with Gasteiger partial charge in [0.15, 0.2) is 5.78 Å². The first-order valence-electron chi connectivity index (χ1n) is 6.77. The van der Waals surface area contributed by atoms with Crippen molar-refractivity contribution in [1.29, 1.82) is 0 Å². The summed E-state index contributed by atoms with van der Waals surface area (Å²) in [6.45, 7) is 0. The van der Waals surface area contributed by atoms with Gasteiger partial charge in [-0.25, -0.2) is 4.98 Å². The van der Waals surface area contributed by atoms with Crippen LogP contribution >= 0.6 is 0 Å². The normalized spacial score (nSPS) is 14.5. The van der Waals surface area contributed by atoms with Crippen LogP contribution in [0.15, 0.2) is 36.8 Å². The van der Waals surface area contributed by atoms with E-state index in [0.717, 1.165) is 46.3 Å². The minimum absolute atomic E-state index is 0.225. The van der Waals surface area contributed by atoms with E-state index in [0.29, 0.717) is 6.42 Å². The number of ketones is 1. The number of fused-ring (bicyclic) bond motifs is 3. The van der Waals surface area contributed by atoms with Crippen molar-refractivity contribution in [1.82, 2.24) is 15.0 Å². The molecule has 0 unspecified atom stereocenters. The van der Waals surface area contributed by atoms with E-state index in [-0.39, 0.29) is 5.78 Å². The first-order valence-corrected chi connectivity index (χ1v) is 6.77. The Labute approximate surface area is 115 Å². The van der Waals surface area contributed by atoms with E-state index < -0.39 is 0 Å². The molecule has 0 spiro atoms. The molecule has 3 aromatic rings. The molecule has 1 aliphatic rings. The second-order valence-electron chi connectivity index (χ2n) is 5.12. The lowest BCUT2D eigenvalue weighted by molar-refractivity contribution is 0.0974. The predicted octanol–water partition coefficient (Wildman–Crippen LogP) is 3.14. The second kappa shape index (κ2) is 4.27. The summed E-state index contributed by atoms with van der Waals surface area (Å²) in [5.41, 5.74) is 4.68. The van der Waals surface area contributed by atoms with Crippen LogP contribution in [0.3, 0.4) is 0 Å². The van der Waals surface area contributed by atoms with Gasteiger partial charge in [-0.3, -0.25) is 9.78 Å². The molecule has 1 N–H and O–H groups in total. The van der Waals surface area contributed by atoms with Crippen molar-refractivity contribution in [3.63, 3.8) is 0 Å². The smallest absolute Gasteiger partial charge is 0.165 e. The van der Waals surface area contributed by atoms with Crippen molar-refractivity contribution in [2.75, 3.05) is 0 Å². The van der Waals surface area contributed by atoms with Gasteiger partial charge in [0.2, 0.25) is 0 Å². The molecule has 0 amide bonds. The van der Waals surface area contributed by atoms with Gasteiger partial charge in [0.05, 0.1) is 0 Å². The number of aromatic nitrogens is 3. The van der Waals surface area contributed by atoms with Gasteiger partial charge in [-0.1, -0.05) is 6.07 Å². The topological polar surface area (TPSA) is 58.6 Å². The molecule has 20 heavy (non-hydrogen) atoms. The molecule has 1 aliphatic carbocycles. The fourth-order valence-corrected chi connectivity index (χ4v) is 2.87. The minimum Gasteiger partial charge on any atom is -0.343 e. The number of nitrogens with zero attached hydrogens (tertiary/aromatic N) is 2. The summed E-state index contributed by atoms with van der Waals surface area (Å²) in [5, 5.41) is 0.936. The van der Waals surface area contributed by atoms with E-state index in [1.807, 2.05) is 30.6 Å². The average molecular weight is 263 g/mol. The van der Waals surface area contributed by atoms with Gasteiger partial charge in [0.1, 0.15) is 5.65 Å². The third-order valence-electron chi connectivity index (χ3n) is 3.83. The van der Waals surface area contributed by atoms with Gasteiger partial charge in [0.25, 0.3) is 0 Å². The van der Waals surface area contributed by atoms with E-state index in [1.54, 1.807) is 6.20 Å². The van der Waals surface area contributed by atoms with Crippen LogP contribution in [0, 0.1) is 0 Å². The minimum atomic E-state index is 0.225. The number of carbonyl (C=O) groups excluding carboxylic acids is 1. The third kappa shape index (κ3) is 1.65. The lowest BCUT2D eigenvalue weighted by atomic mass is 9.94. The quantitative estimate of drug-likeness (QED) is 0.733. The van der Waals surface area contributed by atoms with Gasteiger partial charge in [-0.05, 0) is 25.0 Å². The van der Waals surface area contributed by atoms with Crippen molar-refractivity contribution >= 4 is 16.8 Å². The van der Waals surface area contributed by atoms with Gasteiger partial charge >= 0.3 is 0 Å². The van der Waals surface area contributed by atoms with Crippen LogP contribution in [0.5, 0.6) is 0 Å². The number of carbonyl (C=O) groups is 1. The van der Waals surface area contributed by atoms with Crippen LogP contribution in [0.1, 0.15) is 28.9 Å². The fourth-order valence-electron chi connectivity index (χ4n) is 2.87. The molecule has 4 nitrogen and oxygen atoms in total. The van der Waals surface area contributed by atoms with E-state index in [9.17, 15) is 4.79 Å². The standard InChI is InChI=1S/C16H13N3O/c20-14-5-1-4-13-15(14)12-7-11(9-18-16(12)19-13)10-3-2-6-17-8-10/h2-3,6-9H,1,4-5H2,(H,18,19). The van der Waals surface area contributed by atoms with Crippen LogP contribution in [-0.2, 0) is 6.42 Å². The molecule has 0 radical (unpaired) electrons. The number of aromatic amines is 1. The highest BCUT2D eigenvalue weighted by atomic mass is 16.1. The summed E-state index contributed by atoms with van der Waals surface area (Å²) in [7, 11) is 0. The van der Waals surface area contributed by atoms with Crippen molar-refractivity contribution in [3.8, 4) is 11.1 Å². The van der Waals surface area contributed by atoms with Gasteiger partial charge in [0, 0.05) is 52.8 Å². The molecule has 0 atom stereocenters. The maximum absolute atomic E-state index is 12.1. The molecular formula is C16H13N3O. The number of hydrogen-bond donors (Lipinski definition) is 1. The molecule has 3 heterocycles. The average Bonchev–Trinajstić information content (AvgIpc) is 2.87. The molecule has 0 saturated carbocycles. The number of Topliss-reactive ketones (excluding diaryl/α,β-unsaturated/α-hetero) is 1. The van der Waals surface area contributed by atoms with Crippen molar-refractivity contribution in [2.24, 2.45) is 0 Å². The SMILES string of the molecule is O=C1CCCc2[nH]c3ncc(-c4cccnc4)cc3c21. The summed E-state index contributed by atoms with van der Waals surface area (Å²) >= 11 is 0. The summed E-state index contributed by atoms with van der Waals surface area (Å²) in [6, 6.07) is 5.94. The van der Waals surface area contributed by atoms with Crippen LogP contribution in [0.2, 0.25) is 0 Å². The van der Waals surface area contributed by atoms with Crippen molar-refractivity contribution in [3.05, 3.63) is 48.0 Å². The Morgan fingerprint density at radius 3 is 2.95 bits per heavy atom. The Balaban J connectivity index is 1.95. The second-order valence-corrected chi connectivity index (χ2v) is 5.12. The third-order valence-corrected chi connectivity index (χ3v) is 3.83. The van der Waals surface area contributed by atoms with Crippen molar-refractivity contribution in [2.45, 2.75) is 19.3 Å². The predicted molar refractivity (Wildman–Crippen MR) is 76.6 cm³/mol. The Hall–Kier alpha value is -2.49. The largest absolute Gasteiger partial charge is 0.343 e. The maximum Gasteiger partial charge on any atom is 0.165 e. The van der Waals surface area contributed by atoms with Crippen molar-refractivity contribution < 1.29 is 4.79 Å². The van der Waals surface area contributed by atoms with E-state index in [2.05, 4.69) is 15.0 Å². The Morgan fingerprint density at radius 2 is 2.10 bits per heavy atom. The Bertz CT molecular complexity index is 805. The Morgan fingerprint density at radius 1 is 1.15 bits per heavy atom. The molecule has 0 fully saturated rings. The van der Waals surface area contributed by atoms with Gasteiger partial charge < -0.3 is 4.98 Å². The summed E-state index contributed by atoms with van der Waals surface area (Å²) in [6.07, 6.45) is 7.87. The molecule has 0 aromatic carbocycles. The molecule has 0 aliphatic heterocycles. The molecule has 0 bridgehead atoms. The lowest BCUT2D eigenvalue weighted by Crippen LogP contribution is -2.09. The van der Waals surface area contributed by atoms with Crippen LogP contribution in [0.25, 0.3) is 22.2 Å². The highest BCUT2D eigenvalue weighted by molar-refractivity contribution is 6.09. The molecule has 4 heteroatoms. The lowest BCUT2D eigenvalue weighted by Gasteiger charge is -2.09. The molecular weight excluding hydrogens is 250 g/mol. The highest BCUT2D eigenvalue weighted by Crippen LogP contribution is 2.30. The van der Waals surface area contributed by atoms with Crippen LogP contribution in [0.4, 0.5) is 0 Å². The monoisotopic (exact) mass is 263 g/mol. The zero-order valence-corrected chi connectivity index (χ0v) is 10.9. The zero-order chi connectivity index (χ0) is 13.5. The van der Waals surface area contributed by atoms with E-state index in [1.165, 1.54) is 0 Å². The summed E-state index contributed by atoms with van der Waals surface area (Å²) < 4.78 is 0. The number of nitrogens with one attached hydrogen (secondary N) is 1. The van der Waals surface area contributed by atoms with Gasteiger partial charge in [-0.2, -0.15) is 0 Å². The maximum atomic E-state index is 12.1. The number of pyridine rings is 2. The van der Waals surface area contributed by atoms with E-state index >= 15 is 0 Å².